The Morgan fingerprint density at radius 3 is 2.86 bits per heavy atom. The largest absolute Gasteiger partial charge is 0.481 e. The molecule has 1 aliphatic rings. The molecule has 1 aromatic carbocycles. The van der Waals surface area contributed by atoms with Gasteiger partial charge in [0.15, 0.2) is 0 Å². The molecule has 4 heteroatoms. The molecule has 1 amide bonds. The number of nitrogens with zero attached hydrogens (tertiary/aromatic N) is 1. The zero-order valence-corrected chi connectivity index (χ0v) is 15.5. The molecule has 0 fully saturated rings. The molecule has 3 nitrogen and oxygen atoms in total. The Balaban J connectivity index is 0.00000220. The second-order valence-electron chi connectivity index (χ2n) is 4.67. The number of hydrogen-bond acceptors (Lipinski definition) is 2. The summed E-state index contributed by atoms with van der Waals surface area (Å²) in [6.07, 6.45) is 4.51. The molecule has 0 spiro atoms. The number of benzene rings is 1. The van der Waals surface area contributed by atoms with Crippen molar-refractivity contribution >= 4 is 11.6 Å². The van der Waals surface area contributed by atoms with Crippen LogP contribution in [0.5, 0.6) is 5.75 Å². The Labute approximate surface area is 151 Å². The number of aryl methyl sites for hydroxylation is 1. The van der Waals surface area contributed by atoms with E-state index in [1.54, 1.807) is 18.9 Å². The van der Waals surface area contributed by atoms with Gasteiger partial charge in [-0.3, -0.25) is 4.79 Å². The average molecular weight is 357 g/mol. The summed E-state index contributed by atoms with van der Waals surface area (Å²) in [5, 5.41) is 0. The van der Waals surface area contributed by atoms with Crippen LogP contribution in [0.15, 0.2) is 18.2 Å². The van der Waals surface area contributed by atoms with E-state index in [1.807, 2.05) is 25.1 Å². The average Bonchev–Trinajstić information content (AvgIpc) is 2.43. The molecule has 0 N–H and O–H groups in total. The second-order valence-corrected chi connectivity index (χ2v) is 4.67. The molecule has 2 rings (SSSR count). The van der Waals surface area contributed by atoms with Crippen molar-refractivity contribution in [1.82, 2.24) is 4.90 Å². The molecule has 0 bridgehead atoms. The smallest absolute Gasteiger partial charge is 0.222 e. The molecule has 1 aliphatic heterocycles. The van der Waals surface area contributed by atoms with Crippen LogP contribution in [0.25, 0.3) is 5.70 Å². The Bertz CT molecular complexity index is 611. The molecule has 0 aliphatic carbocycles. The van der Waals surface area contributed by atoms with Crippen molar-refractivity contribution in [2.45, 2.75) is 26.7 Å². The van der Waals surface area contributed by atoms with Crippen LogP contribution in [0.1, 0.15) is 30.9 Å². The van der Waals surface area contributed by atoms with Gasteiger partial charge in [0, 0.05) is 46.2 Å². The Morgan fingerprint density at radius 2 is 2.19 bits per heavy atom. The van der Waals surface area contributed by atoms with Crippen molar-refractivity contribution in [1.29, 1.82) is 0 Å². The third-order valence-corrected chi connectivity index (χ3v) is 3.28. The summed E-state index contributed by atoms with van der Waals surface area (Å²) in [5.74, 6) is 6.58. The van der Waals surface area contributed by atoms with Gasteiger partial charge < -0.3 is 9.64 Å². The molecule has 0 aromatic heterocycles. The van der Waals surface area contributed by atoms with Crippen LogP contribution in [0.3, 0.4) is 0 Å². The molecule has 107 valence electrons. The van der Waals surface area contributed by atoms with E-state index in [1.165, 1.54) is 0 Å². The predicted octanol–water partition coefficient (Wildman–Crippen LogP) is 2.79. The van der Waals surface area contributed by atoms with Crippen molar-refractivity contribution in [2.24, 2.45) is 0 Å². The number of carbonyl (C=O) groups is 1. The summed E-state index contributed by atoms with van der Waals surface area (Å²) in [4.78, 5) is 13.4. The van der Waals surface area contributed by atoms with Gasteiger partial charge in [-0.2, -0.15) is 0 Å². The van der Waals surface area contributed by atoms with Crippen molar-refractivity contribution in [3.05, 3.63) is 35.4 Å². The van der Waals surface area contributed by atoms with Crippen LogP contribution >= 0.6 is 0 Å². The molecule has 0 unspecified atom stereocenters. The minimum absolute atomic E-state index is 0. The van der Waals surface area contributed by atoms with Gasteiger partial charge in [0.05, 0.1) is 0 Å². The predicted molar refractivity (Wildman–Crippen MR) is 78.8 cm³/mol. The molecule has 21 heavy (non-hydrogen) atoms. The fourth-order valence-electron chi connectivity index (χ4n) is 2.16. The third-order valence-electron chi connectivity index (χ3n) is 3.28. The van der Waals surface area contributed by atoms with Crippen LogP contribution in [0.4, 0.5) is 0 Å². The van der Waals surface area contributed by atoms with Gasteiger partial charge in [0.25, 0.3) is 0 Å². The number of hydrogen-bond donors (Lipinski definition) is 0. The number of amides is 1. The number of ether oxygens (including phenoxy) is 1. The molecular weight excluding hydrogens is 339 g/mol. The standard InChI is InChI=1S/C17H18NO2.Y/c1-4-5-11-20-14-9-10-15(13(2)12-14)16-7-6-8-17(19)18(16)3;/h9-10,12H,6,8,11H2,1-3H3;/q-1;. The summed E-state index contributed by atoms with van der Waals surface area (Å²) in [7, 11) is 1.80. The quantitative estimate of drug-likeness (QED) is 0.615. The van der Waals surface area contributed by atoms with Gasteiger partial charge in [-0.15, -0.1) is 35.2 Å². The normalized spacial score (nSPS) is 13.8. The molecule has 1 heterocycles. The van der Waals surface area contributed by atoms with Crippen molar-refractivity contribution in [2.75, 3.05) is 13.7 Å². The first-order valence-corrected chi connectivity index (χ1v) is 6.64. The summed E-state index contributed by atoms with van der Waals surface area (Å²) < 4.78 is 5.53. The second kappa shape index (κ2) is 8.36. The Morgan fingerprint density at radius 1 is 1.43 bits per heavy atom. The molecule has 0 saturated heterocycles. The van der Waals surface area contributed by atoms with Crippen LogP contribution in [-0.2, 0) is 37.5 Å². The van der Waals surface area contributed by atoms with E-state index >= 15 is 0 Å². The first-order valence-electron chi connectivity index (χ1n) is 6.64. The van der Waals surface area contributed by atoms with E-state index in [0.717, 1.165) is 22.6 Å². The number of allylic oxidation sites excluding steroid dienone is 1. The summed E-state index contributed by atoms with van der Waals surface area (Å²) in [6, 6.07) is 5.84. The molecular formula is C17H18NO2Y-. The van der Waals surface area contributed by atoms with E-state index in [4.69, 9.17) is 4.74 Å². The van der Waals surface area contributed by atoms with Crippen molar-refractivity contribution < 1.29 is 42.2 Å². The topological polar surface area (TPSA) is 29.5 Å². The molecule has 0 atom stereocenters. The fourth-order valence-corrected chi connectivity index (χ4v) is 2.16. The van der Waals surface area contributed by atoms with Crippen LogP contribution in [0.2, 0.25) is 0 Å². The van der Waals surface area contributed by atoms with Crippen molar-refractivity contribution in [3.8, 4) is 17.6 Å². The number of rotatable bonds is 3. The van der Waals surface area contributed by atoms with Gasteiger partial charge in [-0.1, -0.05) is 12.8 Å². The Kier molecular flexibility index (Phi) is 7.15. The van der Waals surface area contributed by atoms with Gasteiger partial charge in [0.2, 0.25) is 5.91 Å². The molecule has 0 saturated carbocycles. The zero-order chi connectivity index (χ0) is 14.5. The first kappa shape index (κ1) is 17.9. The minimum Gasteiger partial charge on any atom is -0.481 e. The van der Waals surface area contributed by atoms with E-state index in [2.05, 4.69) is 17.9 Å². The molecule has 1 aromatic rings. The molecule has 1 radical (unpaired) electrons. The maximum atomic E-state index is 11.8. The maximum Gasteiger partial charge on any atom is 0.222 e. The van der Waals surface area contributed by atoms with E-state index in [0.29, 0.717) is 19.4 Å². The monoisotopic (exact) mass is 357 g/mol. The van der Waals surface area contributed by atoms with E-state index in [-0.39, 0.29) is 38.6 Å². The summed E-state index contributed by atoms with van der Waals surface area (Å²) in [5.41, 5.74) is 2.95. The first-order chi connectivity index (χ1) is 9.63. The summed E-state index contributed by atoms with van der Waals surface area (Å²) in [6.45, 7) is 4.19. The van der Waals surface area contributed by atoms with Crippen LogP contribution < -0.4 is 4.74 Å². The fraction of sp³-hybridized carbons (Fsp3) is 0.353. The van der Waals surface area contributed by atoms with Gasteiger partial charge in [0.1, 0.15) is 12.4 Å². The summed E-state index contributed by atoms with van der Waals surface area (Å²) >= 11 is 0. The SMILES string of the molecule is CC#CCOc1ccc(C2=[C-]CCC(=O)N2C)c(C)c1.[Y]. The zero-order valence-electron chi connectivity index (χ0n) is 12.7. The van der Waals surface area contributed by atoms with Crippen LogP contribution in [-0.4, -0.2) is 24.5 Å². The van der Waals surface area contributed by atoms with Crippen LogP contribution in [0, 0.1) is 24.8 Å². The van der Waals surface area contributed by atoms with Gasteiger partial charge in [-0.25, -0.2) is 6.08 Å². The Hall–Kier alpha value is -1.11. The van der Waals surface area contributed by atoms with E-state index in [9.17, 15) is 4.79 Å². The van der Waals surface area contributed by atoms with Gasteiger partial charge >= 0.3 is 0 Å². The van der Waals surface area contributed by atoms with E-state index < -0.39 is 0 Å². The minimum atomic E-state index is 0. The number of carbonyl (C=O) groups excluding carboxylic acids is 1. The van der Waals surface area contributed by atoms with Gasteiger partial charge in [-0.05, 0) is 19.1 Å². The maximum absolute atomic E-state index is 11.8. The van der Waals surface area contributed by atoms with Crippen molar-refractivity contribution in [3.63, 3.8) is 0 Å². The third kappa shape index (κ3) is 4.43.